The summed E-state index contributed by atoms with van der Waals surface area (Å²) < 4.78 is 0. The van der Waals surface area contributed by atoms with Crippen molar-refractivity contribution in [1.82, 2.24) is 14.8 Å². The third kappa shape index (κ3) is 3.48. The Morgan fingerprint density at radius 1 is 1.07 bits per heavy atom. The van der Waals surface area contributed by atoms with E-state index in [4.69, 9.17) is 0 Å². The molecule has 1 aromatic heterocycles. The van der Waals surface area contributed by atoms with Gasteiger partial charge in [-0.2, -0.15) is 0 Å². The fourth-order valence-electron chi connectivity index (χ4n) is 4.78. The molecule has 2 aromatic rings. The van der Waals surface area contributed by atoms with E-state index in [2.05, 4.69) is 35.0 Å². The Bertz CT molecular complexity index is 925. The summed E-state index contributed by atoms with van der Waals surface area (Å²) in [6.07, 6.45) is 1.66. The molecule has 0 spiro atoms. The molecule has 6 heteroatoms. The molecule has 2 fully saturated rings. The topological polar surface area (TPSA) is 56.8 Å². The molecule has 2 aliphatic rings. The summed E-state index contributed by atoms with van der Waals surface area (Å²) in [6, 6.07) is 12.3. The van der Waals surface area contributed by atoms with Gasteiger partial charge in [-0.3, -0.25) is 4.79 Å². The van der Waals surface area contributed by atoms with Crippen LogP contribution in [0.1, 0.15) is 34.5 Å². The van der Waals surface area contributed by atoms with Crippen molar-refractivity contribution in [1.29, 1.82) is 0 Å². The normalized spacial score (nSPS) is 23.2. The predicted octanol–water partition coefficient (Wildman–Crippen LogP) is 3.38. The molecule has 1 aromatic carbocycles. The Labute approximate surface area is 172 Å². The highest BCUT2D eigenvalue weighted by Crippen LogP contribution is 2.46. The lowest BCUT2D eigenvalue weighted by Gasteiger charge is -2.32. The van der Waals surface area contributed by atoms with E-state index in [1.54, 1.807) is 18.0 Å². The number of Topliss-reactive ketones (excluding diaryl/α,β-unsaturated/α-hetero) is 1. The Morgan fingerprint density at radius 3 is 2.45 bits per heavy atom. The van der Waals surface area contributed by atoms with Gasteiger partial charge in [0, 0.05) is 57.3 Å². The highest BCUT2D eigenvalue weighted by Gasteiger charge is 2.50. The van der Waals surface area contributed by atoms with Crippen molar-refractivity contribution in [2.45, 2.75) is 19.9 Å². The number of carbonyl (C=O) groups excluding carboxylic acids is 2. The van der Waals surface area contributed by atoms with Crippen LogP contribution in [-0.4, -0.2) is 60.3 Å². The number of aromatic nitrogens is 1. The quantitative estimate of drug-likeness (QED) is 0.752. The molecule has 0 bridgehead atoms. The second-order valence-corrected chi connectivity index (χ2v) is 8.42. The molecule has 0 N–H and O–H groups in total. The summed E-state index contributed by atoms with van der Waals surface area (Å²) in [6.45, 7) is 6.16. The van der Waals surface area contributed by atoms with Crippen LogP contribution in [0.25, 0.3) is 0 Å². The van der Waals surface area contributed by atoms with Crippen LogP contribution in [0.5, 0.6) is 0 Å². The molecule has 0 radical (unpaired) electrons. The molecule has 3 atom stereocenters. The van der Waals surface area contributed by atoms with Gasteiger partial charge in [0.05, 0.1) is 6.04 Å². The molecular formula is C23H28N4O2. The largest absolute Gasteiger partial charge is 0.356 e. The van der Waals surface area contributed by atoms with Crippen LogP contribution in [0.3, 0.4) is 0 Å². The van der Waals surface area contributed by atoms with E-state index < -0.39 is 0 Å². The highest BCUT2D eigenvalue weighted by atomic mass is 16.2. The number of nitrogens with zero attached hydrogens (tertiary/aromatic N) is 4. The number of fused-ring (bicyclic) bond motifs is 1. The van der Waals surface area contributed by atoms with Crippen LogP contribution in [0, 0.1) is 18.8 Å². The van der Waals surface area contributed by atoms with Gasteiger partial charge < -0.3 is 14.7 Å². The number of hydrogen-bond donors (Lipinski definition) is 0. The zero-order chi connectivity index (χ0) is 20.7. The summed E-state index contributed by atoms with van der Waals surface area (Å²) >= 11 is 0. The third-order valence-electron chi connectivity index (χ3n) is 6.28. The highest BCUT2D eigenvalue weighted by molar-refractivity contribution is 5.93. The summed E-state index contributed by atoms with van der Waals surface area (Å²) in [5.41, 5.74) is 3.09. The molecule has 0 saturated carbocycles. The van der Waals surface area contributed by atoms with Crippen molar-refractivity contribution in [2.24, 2.45) is 11.8 Å². The van der Waals surface area contributed by atoms with E-state index in [9.17, 15) is 9.59 Å². The smallest absolute Gasteiger partial charge is 0.320 e. The van der Waals surface area contributed by atoms with Gasteiger partial charge in [0.15, 0.2) is 5.78 Å². The number of benzene rings is 1. The van der Waals surface area contributed by atoms with Crippen molar-refractivity contribution in [2.75, 3.05) is 38.6 Å². The minimum absolute atomic E-state index is 0.0276. The van der Waals surface area contributed by atoms with Crippen LogP contribution in [-0.2, 0) is 0 Å². The third-order valence-corrected chi connectivity index (χ3v) is 6.28. The van der Waals surface area contributed by atoms with Crippen molar-refractivity contribution in [3.63, 3.8) is 0 Å². The van der Waals surface area contributed by atoms with Gasteiger partial charge in [0.1, 0.15) is 5.82 Å². The molecule has 4 rings (SSSR count). The van der Waals surface area contributed by atoms with Gasteiger partial charge >= 0.3 is 6.03 Å². The molecule has 29 heavy (non-hydrogen) atoms. The number of hydrogen-bond acceptors (Lipinski definition) is 4. The lowest BCUT2D eigenvalue weighted by molar-refractivity contribution is 0.101. The van der Waals surface area contributed by atoms with Crippen LogP contribution >= 0.6 is 0 Å². The van der Waals surface area contributed by atoms with E-state index in [0.29, 0.717) is 17.4 Å². The van der Waals surface area contributed by atoms with E-state index in [1.165, 1.54) is 11.1 Å². The first kappa shape index (κ1) is 19.4. The van der Waals surface area contributed by atoms with Gasteiger partial charge in [-0.1, -0.05) is 24.3 Å². The molecule has 2 amide bonds. The number of ketones is 1. The summed E-state index contributed by atoms with van der Waals surface area (Å²) in [7, 11) is 3.64. The minimum atomic E-state index is 0.0276. The van der Waals surface area contributed by atoms with E-state index in [1.807, 2.05) is 37.2 Å². The second-order valence-electron chi connectivity index (χ2n) is 8.42. The summed E-state index contributed by atoms with van der Waals surface area (Å²) in [5, 5.41) is 0. The number of urea groups is 1. The monoisotopic (exact) mass is 392 g/mol. The number of pyridine rings is 1. The molecule has 152 valence electrons. The van der Waals surface area contributed by atoms with Crippen molar-refractivity contribution in [3.05, 3.63) is 59.3 Å². The zero-order valence-electron chi connectivity index (χ0n) is 17.5. The molecule has 2 saturated heterocycles. The summed E-state index contributed by atoms with van der Waals surface area (Å²) in [4.78, 5) is 35.0. The van der Waals surface area contributed by atoms with Crippen LogP contribution < -0.4 is 4.90 Å². The first-order valence-corrected chi connectivity index (χ1v) is 10.1. The van der Waals surface area contributed by atoms with Crippen LogP contribution in [0.2, 0.25) is 0 Å². The Balaban J connectivity index is 1.63. The molecular weight excluding hydrogens is 364 g/mol. The van der Waals surface area contributed by atoms with E-state index in [0.717, 1.165) is 25.5 Å². The SMILES string of the molecule is CC(=O)c1ccc(N2C[C@@H]3CN(C(=O)N(C)C)[C@@H](c4ccccc4C)[C@@H]3C2)nc1. The fraction of sp³-hybridized carbons (Fsp3) is 0.435. The first-order chi connectivity index (χ1) is 13.9. The van der Waals surface area contributed by atoms with Gasteiger partial charge in [-0.15, -0.1) is 0 Å². The number of amides is 2. The standard InChI is InChI=1S/C23H28N4O2/c1-15-7-5-6-8-19(15)22-20-14-26(21-10-9-17(11-24-21)16(2)28)12-18(20)13-27(22)23(29)25(3)4/h5-11,18,20,22H,12-14H2,1-4H3/t18-,20-,22+/m1/s1. The zero-order valence-corrected chi connectivity index (χ0v) is 17.5. The van der Waals surface area contributed by atoms with Crippen molar-refractivity contribution >= 4 is 17.6 Å². The fourth-order valence-corrected chi connectivity index (χ4v) is 4.78. The predicted molar refractivity (Wildman–Crippen MR) is 113 cm³/mol. The molecule has 2 aliphatic heterocycles. The maximum absolute atomic E-state index is 12.9. The Morgan fingerprint density at radius 2 is 1.83 bits per heavy atom. The van der Waals surface area contributed by atoms with Crippen LogP contribution in [0.4, 0.5) is 10.6 Å². The molecule has 0 unspecified atom stereocenters. The molecule has 6 nitrogen and oxygen atoms in total. The average Bonchev–Trinajstić information content (AvgIpc) is 3.26. The Kier molecular flexibility index (Phi) is 5.03. The number of rotatable bonds is 3. The maximum atomic E-state index is 12.9. The first-order valence-electron chi connectivity index (χ1n) is 10.1. The minimum Gasteiger partial charge on any atom is -0.356 e. The van der Waals surface area contributed by atoms with Gasteiger partial charge in [0.2, 0.25) is 0 Å². The summed E-state index contributed by atoms with van der Waals surface area (Å²) in [5.74, 6) is 1.69. The Hall–Kier alpha value is -2.89. The average molecular weight is 393 g/mol. The number of anilines is 1. The number of carbonyl (C=O) groups is 2. The lowest BCUT2D eigenvalue weighted by atomic mass is 9.88. The van der Waals surface area contributed by atoms with E-state index in [-0.39, 0.29) is 17.9 Å². The second kappa shape index (κ2) is 7.50. The van der Waals surface area contributed by atoms with Gasteiger partial charge in [0.25, 0.3) is 0 Å². The lowest BCUT2D eigenvalue weighted by Crippen LogP contribution is -2.41. The molecule has 3 heterocycles. The molecule has 0 aliphatic carbocycles. The van der Waals surface area contributed by atoms with Crippen LogP contribution in [0.15, 0.2) is 42.6 Å². The maximum Gasteiger partial charge on any atom is 0.320 e. The van der Waals surface area contributed by atoms with E-state index >= 15 is 0 Å². The van der Waals surface area contributed by atoms with Crippen molar-refractivity contribution < 1.29 is 9.59 Å². The number of likely N-dealkylation sites (tertiary alicyclic amines) is 1. The number of aryl methyl sites for hydroxylation is 1. The van der Waals surface area contributed by atoms with Gasteiger partial charge in [-0.25, -0.2) is 9.78 Å². The van der Waals surface area contributed by atoms with Crippen molar-refractivity contribution in [3.8, 4) is 0 Å². The van der Waals surface area contributed by atoms with Gasteiger partial charge in [-0.05, 0) is 37.1 Å².